The summed E-state index contributed by atoms with van der Waals surface area (Å²) in [6.45, 7) is 0.0812. The Morgan fingerprint density at radius 3 is 2.52 bits per heavy atom. The second-order valence-electron chi connectivity index (χ2n) is 4.68. The summed E-state index contributed by atoms with van der Waals surface area (Å²) in [5.41, 5.74) is -0.861. The molecule has 0 radical (unpaired) electrons. The number of hydrogen-bond acceptors (Lipinski definition) is 4. The number of carbonyl (C=O) groups excluding carboxylic acids is 1. The van der Waals surface area contributed by atoms with Gasteiger partial charge in [-0.1, -0.05) is 0 Å². The minimum atomic E-state index is -4.55. The van der Waals surface area contributed by atoms with E-state index in [4.69, 9.17) is 10.7 Å². The molecule has 1 amide bonds. The monoisotopic (exact) mass is 342 g/mol. The molecule has 2 rings (SSSR count). The molecule has 116 valence electrons. The first-order chi connectivity index (χ1) is 9.56. The van der Waals surface area contributed by atoms with Crippen LogP contribution < -0.4 is 4.90 Å². The van der Waals surface area contributed by atoms with E-state index < -0.39 is 26.8 Å². The zero-order valence-electron chi connectivity index (χ0n) is 10.5. The summed E-state index contributed by atoms with van der Waals surface area (Å²) in [6.07, 6.45) is -3.63. The molecule has 5 nitrogen and oxygen atoms in total. The van der Waals surface area contributed by atoms with Gasteiger partial charge in [0.05, 0.1) is 17.6 Å². The van der Waals surface area contributed by atoms with E-state index in [0.717, 1.165) is 18.3 Å². The minimum Gasteiger partial charge on any atom is -0.311 e. The summed E-state index contributed by atoms with van der Waals surface area (Å²) >= 11 is 0. The average molecular weight is 343 g/mol. The van der Waals surface area contributed by atoms with Gasteiger partial charge in [0.15, 0.2) is 0 Å². The summed E-state index contributed by atoms with van der Waals surface area (Å²) < 4.78 is 59.2. The van der Waals surface area contributed by atoms with Crippen LogP contribution in [-0.2, 0) is 20.0 Å². The van der Waals surface area contributed by atoms with Crippen LogP contribution in [0.3, 0.4) is 0 Å². The van der Waals surface area contributed by atoms with Crippen molar-refractivity contribution in [2.24, 2.45) is 5.92 Å². The number of rotatable bonds is 3. The summed E-state index contributed by atoms with van der Waals surface area (Å²) in [7, 11) is 1.40. The molecule has 1 aromatic rings. The van der Waals surface area contributed by atoms with Gasteiger partial charge >= 0.3 is 6.18 Å². The normalized spacial score (nSPS) is 20.1. The number of anilines is 1. The highest BCUT2D eigenvalue weighted by molar-refractivity contribution is 8.13. The molecule has 10 heteroatoms. The molecule has 2 heterocycles. The Balaban J connectivity index is 2.14. The van der Waals surface area contributed by atoms with Crippen LogP contribution in [-0.4, -0.2) is 31.6 Å². The van der Waals surface area contributed by atoms with Gasteiger partial charge in [-0.05, 0) is 12.1 Å². The molecule has 0 saturated carbocycles. The maximum Gasteiger partial charge on any atom is 0.433 e. The van der Waals surface area contributed by atoms with Crippen LogP contribution in [0.15, 0.2) is 18.3 Å². The average Bonchev–Trinajstić information content (AvgIpc) is 2.66. The first-order valence-corrected chi connectivity index (χ1v) is 8.30. The van der Waals surface area contributed by atoms with Crippen molar-refractivity contribution < 1.29 is 26.4 Å². The molecular weight excluding hydrogens is 333 g/mol. The van der Waals surface area contributed by atoms with Crippen molar-refractivity contribution in [2.45, 2.75) is 12.6 Å². The van der Waals surface area contributed by atoms with Gasteiger partial charge in [0, 0.05) is 29.6 Å². The molecule has 0 N–H and O–H groups in total. The SMILES string of the molecule is O=C1CC(CS(=O)(=O)Cl)CN1c1ccc(C(F)(F)F)nc1. The highest BCUT2D eigenvalue weighted by Crippen LogP contribution is 2.30. The number of nitrogens with zero attached hydrogens (tertiary/aromatic N) is 2. The van der Waals surface area contributed by atoms with Crippen LogP contribution in [0.1, 0.15) is 12.1 Å². The number of alkyl halides is 3. The molecule has 0 spiro atoms. The van der Waals surface area contributed by atoms with E-state index >= 15 is 0 Å². The summed E-state index contributed by atoms with van der Waals surface area (Å²) in [4.78, 5) is 16.3. The smallest absolute Gasteiger partial charge is 0.311 e. The van der Waals surface area contributed by atoms with E-state index in [0.29, 0.717) is 0 Å². The standard InChI is InChI=1S/C11H10ClF3N2O3S/c12-21(19,20)6-7-3-10(18)17(5-7)8-1-2-9(16-4-8)11(13,14)15/h1-2,4,7H,3,5-6H2. The van der Waals surface area contributed by atoms with Crippen LogP contribution in [0.4, 0.5) is 18.9 Å². The van der Waals surface area contributed by atoms with Gasteiger partial charge < -0.3 is 4.90 Å². The topological polar surface area (TPSA) is 67.3 Å². The van der Waals surface area contributed by atoms with Crippen LogP contribution in [0.5, 0.6) is 0 Å². The summed E-state index contributed by atoms with van der Waals surface area (Å²) in [6, 6.07) is 1.90. The summed E-state index contributed by atoms with van der Waals surface area (Å²) in [5, 5.41) is 0. The van der Waals surface area contributed by atoms with Gasteiger partial charge in [0.1, 0.15) is 5.69 Å². The largest absolute Gasteiger partial charge is 0.433 e. The lowest BCUT2D eigenvalue weighted by atomic mass is 10.1. The van der Waals surface area contributed by atoms with Crippen LogP contribution in [0.2, 0.25) is 0 Å². The Morgan fingerprint density at radius 1 is 1.38 bits per heavy atom. The van der Waals surface area contributed by atoms with E-state index in [2.05, 4.69) is 4.98 Å². The highest BCUT2D eigenvalue weighted by Gasteiger charge is 2.35. The second-order valence-corrected chi connectivity index (χ2v) is 7.50. The van der Waals surface area contributed by atoms with Crippen molar-refractivity contribution in [3.05, 3.63) is 24.0 Å². The van der Waals surface area contributed by atoms with Gasteiger partial charge in [0.25, 0.3) is 0 Å². The third-order valence-electron chi connectivity index (χ3n) is 2.99. The van der Waals surface area contributed by atoms with Crippen molar-refractivity contribution in [3.63, 3.8) is 0 Å². The quantitative estimate of drug-likeness (QED) is 0.788. The van der Waals surface area contributed by atoms with E-state index in [-0.39, 0.29) is 30.3 Å². The lowest BCUT2D eigenvalue weighted by molar-refractivity contribution is -0.141. The molecule has 0 aromatic carbocycles. The number of amides is 1. The molecule has 0 aliphatic carbocycles. The molecule has 21 heavy (non-hydrogen) atoms. The first kappa shape index (κ1) is 16.0. The van der Waals surface area contributed by atoms with Gasteiger partial charge in [-0.25, -0.2) is 13.4 Å². The minimum absolute atomic E-state index is 0.0209. The molecular formula is C11H10ClF3N2O3S. The fourth-order valence-electron chi connectivity index (χ4n) is 2.14. The van der Waals surface area contributed by atoms with Crippen molar-refractivity contribution in [1.29, 1.82) is 0 Å². The Labute approximate surface area is 123 Å². The maximum absolute atomic E-state index is 12.4. The maximum atomic E-state index is 12.4. The van der Waals surface area contributed by atoms with E-state index in [1.807, 2.05) is 0 Å². The Bertz CT molecular complexity index is 646. The Hall–Kier alpha value is -1.35. The van der Waals surface area contributed by atoms with E-state index in [1.54, 1.807) is 0 Å². The number of pyridine rings is 1. The van der Waals surface area contributed by atoms with Gasteiger partial charge in [-0.15, -0.1) is 0 Å². The first-order valence-electron chi connectivity index (χ1n) is 5.82. The molecule has 1 aromatic heterocycles. The highest BCUT2D eigenvalue weighted by atomic mass is 35.7. The zero-order chi connectivity index (χ0) is 15.8. The third kappa shape index (κ3) is 4.07. The predicted octanol–water partition coefficient (Wildman–Crippen LogP) is 2.02. The van der Waals surface area contributed by atoms with Crippen molar-refractivity contribution in [1.82, 2.24) is 4.98 Å². The molecule has 1 fully saturated rings. The van der Waals surface area contributed by atoms with Crippen LogP contribution >= 0.6 is 10.7 Å². The fraction of sp³-hybridized carbons (Fsp3) is 0.455. The molecule has 1 aliphatic rings. The fourth-order valence-corrected chi connectivity index (χ4v) is 3.46. The molecule has 1 unspecified atom stereocenters. The van der Waals surface area contributed by atoms with Gasteiger partial charge in [-0.3, -0.25) is 4.79 Å². The number of hydrogen-bond donors (Lipinski definition) is 0. The van der Waals surface area contributed by atoms with Crippen LogP contribution in [0.25, 0.3) is 0 Å². The number of carbonyl (C=O) groups is 1. The second kappa shape index (κ2) is 5.45. The number of halogens is 4. The van der Waals surface area contributed by atoms with Crippen LogP contribution in [0, 0.1) is 5.92 Å². The molecule has 1 atom stereocenters. The lowest BCUT2D eigenvalue weighted by Gasteiger charge is -2.16. The predicted molar refractivity (Wildman–Crippen MR) is 69.3 cm³/mol. The lowest BCUT2D eigenvalue weighted by Crippen LogP contribution is -2.25. The Morgan fingerprint density at radius 2 is 2.05 bits per heavy atom. The number of aromatic nitrogens is 1. The van der Waals surface area contributed by atoms with E-state index in [1.165, 1.54) is 4.90 Å². The van der Waals surface area contributed by atoms with Crippen molar-refractivity contribution >= 4 is 31.3 Å². The Kier molecular flexibility index (Phi) is 4.16. The molecule has 0 bridgehead atoms. The van der Waals surface area contributed by atoms with Crippen molar-refractivity contribution in [3.8, 4) is 0 Å². The summed E-state index contributed by atoms with van der Waals surface area (Å²) in [5.74, 6) is -1.21. The zero-order valence-corrected chi connectivity index (χ0v) is 12.0. The van der Waals surface area contributed by atoms with E-state index in [9.17, 15) is 26.4 Å². The van der Waals surface area contributed by atoms with Crippen molar-refractivity contribution in [2.75, 3.05) is 17.2 Å². The third-order valence-corrected chi connectivity index (χ3v) is 4.24. The molecule has 1 saturated heterocycles. The van der Waals surface area contributed by atoms with Gasteiger partial charge in [0.2, 0.25) is 15.0 Å². The van der Waals surface area contributed by atoms with Gasteiger partial charge in [-0.2, -0.15) is 13.2 Å². The molecule has 1 aliphatic heterocycles.